The number of aliphatic hydroxyl groups is 1. The fourth-order valence-electron chi connectivity index (χ4n) is 1.45. The fourth-order valence-corrected chi connectivity index (χ4v) is 1.45. The van der Waals surface area contributed by atoms with E-state index in [4.69, 9.17) is 9.52 Å². The molecule has 60 valence electrons. The van der Waals surface area contributed by atoms with Crippen molar-refractivity contribution in [2.45, 2.75) is 19.3 Å². The van der Waals surface area contributed by atoms with Crippen LogP contribution in [0.2, 0.25) is 0 Å². The van der Waals surface area contributed by atoms with Crippen LogP contribution in [-0.2, 0) is 0 Å². The van der Waals surface area contributed by atoms with Crippen LogP contribution in [0.4, 0.5) is 0 Å². The second-order valence-corrected chi connectivity index (χ2v) is 3.23. The highest BCUT2D eigenvalue weighted by Gasteiger charge is 2.39. The molecule has 1 heterocycles. The van der Waals surface area contributed by atoms with Crippen molar-refractivity contribution in [3.05, 3.63) is 23.7 Å². The molecule has 1 aromatic heterocycles. The van der Waals surface area contributed by atoms with Gasteiger partial charge in [0.1, 0.15) is 11.5 Å². The van der Waals surface area contributed by atoms with Crippen LogP contribution >= 0.6 is 0 Å². The zero-order valence-electron chi connectivity index (χ0n) is 6.58. The molecule has 1 aliphatic rings. The Labute approximate surface area is 65.8 Å². The molecule has 11 heavy (non-hydrogen) atoms. The zero-order chi connectivity index (χ0) is 7.84. The van der Waals surface area contributed by atoms with Crippen LogP contribution in [0.5, 0.6) is 0 Å². The minimum absolute atomic E-state index is 0.296. The van der Waals surface area contributed by atoms with Crippen molar-refractivity contribution in [1.82, 2.24) is 0 Å². The van der Waals surface area contributed by atoms with E-state index in [1.54, 1.807) is 0 Å². The quantitative estimate of drug-likeness (QED) is 0.699. The molecular formula is C9H12O2. The molecule has 2 unspecified atom stereocenters. The topological polar surface area (TPSA) is 33.4 Å². The van der Waals surface area contributed by atoms with E-state index in [9.17, 15) is 0 Å². The van der Waals surface area contributed by atoms with Gasteiger partial charge in [0.15, 0.2) is 0 Å². The third-order valence-corrected chi connectivity index (χ3v) is 2.28. The van der Waals surface area contributed by atoms with Gasteiger partial charge in [0.05, 0.1) is 0 Å². The normalized spacial score (nSPS) is 28.9. The van der Waals surface area contributed by atoms with Crippen LogP contribution in [0.15, 0.2) is 16.5 Å². The molecule has 2 rings (SSSR count). The third kappa shape index (κ3) is 1.18. The molecule has 0 saturated heterocycles. The Morgan fingerprint density at radius 2 is 2.45 bits per heavy atom. The summed E-state index contributed by atoms with van der Waals surface area (Å²) < 4.78 is 5.43. The summed E-state index contributed by atoms with van der Waals surface area (Å²) in [6, 6.07) is 3.98. The fraction of sp³-hybridized carbons (Fsp3) is 0.556. The smallest absolute Gasteiger partial charge is 0.107 e. The second-order valence-electron chi connectivity index (χ2n) is 3.23. The van der Waals surface area contributed by atoms with Crippen molar-refractivity contribution in [3.8, 4) is 0 Å². The van der Waals surface area contributed by atoms with Gasteiger partial charge in [0.2, 0.25) is 0 Å². The zero-order valence-corrected chi connectivity index (χ0v) is 6.58. The first-order valence-corrected chi connectivity index (χ1v) is 3.98. The molecule has 0 amide bonds. The SMILES string of the molecule is Cc1ccc(C2CC2CO)o1. The average molecular weight is 152 g/mol. The molecule has 0 spiro atoms. The average Bonchev–Trinajstić information content (AvgIpc) is 2.68. The van der Waals surface area contributed by atoms with Gasteiger partial charge in [-0.2, -0.15) is 0 Å². The van der Waals surface area contributed by atoms with Crippen LogP contribution in [0, 0.1) is 12.8 Å². The lowest BCUT2D eigenvalue weighted by Crippen LogP contribution is -1.86. The first-order valence-electron chi connectivity index (χ1n) is 3.98. The first-order chi connectivity index (χ1) is 5.31. The molecule has 2 heteroatoms. The van der Waals surface area contributed by atoms with E-state index in [1.807, 2.05) is 19.1 Å². The van der Waals surface area contributed by atoms with Gasteiger partial charge in [-0.3, -0.25) is 0 Å². The molecule has 1 fully saturated rings. The van der Waals surface area contributed by atoms with Crippen molar-refractivity contribution in [2.24, 2.45) is 5.92 Å². The minimum atomic E-state index is 0.296. The van der Waals surface area contributed by atoms with Gasteiger partial charge in [-0.05, 0) is 31.4 Å². The molecule has 1 aromatic rings. The van der Waals surface area contributed by atoms with Crippen molar-refractivity contribution in [2.75, 3.05) is 6.61 Å². The second kappa shape index (κ2) is 2.38. The van der Waals surface area contributed by atoms with Crippen molar-refractivity contribution in [3.63, 3.8) is 0 Å². The maximum absolute atomic E-state index is 8.80. The molecule has 2 nitrogen and oxygen atoms in total. The van der Waals surface area contributed by atoms with Gasteiger partial charge in [-0.15, -0.1) is 0 Å². The number of furan rings is 1. The Kier molecular flexibility index (Phi) is 1.50. The Morgan fingerprint density at radius 3 is 2.91 bits per heavy atom. The van der Waals surface area contributed by atoms with E-state index in [-0.39, 0.29) is 0 Å². The highest BCUT2D eigenvalue weighted by atomic mass is 16.3. The van der Waals surface area contributed by atoms with Gasteiger partial charge >= 0.3 is 0 Å². The molecule has 0 bridgehead atoms. The number of hydrogen-bond acceptors (Lipinski definition) is 2. The van der Waals surface area contributed by atoms with Gasteiger partial charge in [0, 0.05) is 12.5 Å². The van der Waals surface area contributed by atoms with Crippen LogP contribution in [-0.4, -0.2) is 11.7 Å². The summed E-state index contributed by atoms with van der Waals surface area (Å²) in [6.45, 7) is 2.24. The monoisotopic (exact) mass is 152 g/mol. The minimum Gasteiger partial charge on any atom is -0.466 e. The van der Waals surface area contributed by atoms with Crippen molar-refractivity contribution in [1.29, 1.82) is 0 Å². The van der Waals surface area contributed by atoms with Gasteiger partial charge in [-0.25, -0.2) is 0 Å². The predicted molar refractivity (Wildman–Crippen MR) is 41.4 cm³/mol. The van der Waals surface area contributed by atoms with Crippen LogP contribution in [0.25, 0.3) is 0 Å². The number of aliphatic hydroxyl groups excluding tert-OH is 1. The van der Waals surface area contributed by atoms with Crippen LogP contribution < -0.4 is 0 Å². The number of rotatable bonds is 2. The summed E-state index contributed by atoms with van der Waals surface area (Å²) in [4.78, 5) is 0. The van der Waals surface area contributed by atoms with E-state index < -0.39 is 0 Å². The number of aryl methyl sites for hydroxylation is 1. The highest BCUT2D eigenvalue weighted by molar-refractivity contribution is 5.17. The third-order valence-electron chi connectivity index (χ3n) is 2.28. The van der Waals surface area contributed by atoms with Crippen molar-refractivity contribution < 1.29 is 9.52 Å². The molecule has 1 saturated carbocycles. The summed E-state index contributed by atoms with van der Waals surface area (Å²) in [6.07, 6.45) is 1.09. The highest BCUT2D eigenvalue weighted by Crippen LogP contribution is 2.47. The molecular weight excluding hydrogens is 140 g/mol. The standard InChI is InChI=1S/C9H12O2/c1-6-2-3-9(11-6)8-4-7(8)5-10/h2-3,7-8,10H,4-5H2,1H3. The maximum atomic E-state index is 8.80. The lowest BCUT2D eigenvalue weighted by atomic mass is 10.2. The molecule has 0 aromatic carbocycles. The summed E-state index contributed by atoms with van der Waals surface area (Å²) in [5, 5.41) is 8.80. The van der Waals surface area contributed by atoms with Gasteiger partial charge in [-0.1, -0.05) is 0 Å². The van der Waals surface area contributed by atoms with Gasteiger partial charge in [0.25, 0.3) is 0 Å². The Bertz CT molecular complexity index is 252. The van der Waals surface area contributed by atoms with Crippen LogP contribution in [0.3, 0.4) is 0 Å². The molecule has 1 N–H and O–H groups in total. The summed E-state index contributed by atoms with van der Waals surface area (Å²) in [7, 11) is 0. The van der Waals surface area contributed by atoms with E-state index in [2.05, 4.69) is 0 Å². The summed E-state index contributed by atoms with van der Waals surface area (Å²) in [5.41, 5.74) is 0. The van der Waals surface area contributed by atoms with E-state index in [1.165, 1.54) is 0 Å². The molecule has 0 aliphatic heterocycles. The molecule has 0 radical (unpaired) electrons. The Morgan fingerprint density at radius 1 is 1.64 bits per heavy atom. The Balaban J connectivity index is 2.08. The lowest BCUT2D eigenvalue weighted by molar-refractivity contribution is 0.271. The maximum Gasteiger partial charge on any atom is 0.107 e. The predicted octanol–water partition coefficient (Wildman–Crippen LogP) is 1.68. The van der Waals surface area contributed by atoms with E-state index in [0.29, 0.717) is 18.4 Å². The first kappa shape index (κ1) is 6.92. The molecule has 2 atom stereocenters. The summed E-state index contributed by atoms with van der Waals surface area (Å²) >= 11 is 0. The Hall–Kier alpha value is -0.760. The lowest BCUT2D eigenvalue weighted by Gasteiger charge is -1.90. The summed E-state index contributed by atoms with van der Waals surface area (Å²) in [5.74, 6) is 2.96. The number of hydrogen-bond donors (Lipinski definition) is 1. The van der Waals surface area contributed by atoms with Crippen molar-refractivity contribution >= 4 is 0 Å². The van der Waals surface area contributed by atoms with E-state index in [0.717, 1.165) is 17.9 Å². The molecule has 1 aliphatic carbocycles. The van der Waals surface area contributed by atoms with E-state index >= 15 is 0 Å². The van der Waals surface area contributed by atoms with Crippen LogP contribution in [0.1, 0.15) is 23.9 Å². The van der Waals surface area contributed by atoms with Gasteiger partial charge < -0.3 is 9.52 Å². The largest absolute Gasteiger partial charge is 0.466 e.